The first-order chi connectivity index (χ1) is 8.19. The van der Waals surface area contributed by atoms with Crippen molar-refractivity contribution in [2.45, 2.75) is 13.0 Å². The molecule has 88 valence electrons. The second-order valence-corrected chi connectivity index (χ2v) is 4.35. The topological polar surface area (TPSA) is 84.6 Å². The lowest BCUT2D eigenvalue weighted by Crippen LogP contribution is -2.23. The van der Waals surface area contributed by atoms with Crippen molar-refractivity contribution in [2.24, 2.45) is 5.11 Å². The Bertz CT molecular complexity index is 473. The van der Waals surface area contributed by atoms with Crippen LogP contribution in [0, 0.1) is 18.3 Å². The van der Waals surface area contributed by atoms with E-state index in [-0.39, 0.29) is 0 Å². The number of nitriles is 1. The number of hydrogen-bond acceptors (Lipinski definition) is 3. The van der Waals surface area contributed by atoms with Gasteiger partial charge in [-0.3, -0.25) is 5.32 Å². The molecule has 0 fully saturated rings. The molecule has 6 heteroatoms. The Hall–Kier alpha value is -1.54. The van der Waals surface area contributed by atoms with E-state index in [0.29, 0.717) is 13.1 Å². The zero-order valence-corrected chi connectivity index (χ0v) is 11.0. The van der Waals surface area contributed by atoms with E-state index in [0.717, 1.165) is 15.6 Å². The molecule has 0 aliphatic rings. The van der Waals surface area contributed by atoms with E-state index in [1.165, 1.54) is 0 Å². The summed E-state index contributed by atoms with van der Waals surface area (Å²) in [6.45, 7) is 2.80. The van der Waals surface area contributed by atoms with Gasteiger partial charge in [0.25, 0.3) is 0 Å². The predicted molar refractivity (Wildman–Crippen MR) is 69.2 cm³/mol. The summed E-state index contributed by atoms with van der Waals surface area (Å²) in [7, 11) is 0. The highest BCUT2D eigenvalue weighted by Crippen LogP contribution is 2.24. The largest absolute Gasteiger partial charge is 0.298 e. The molecule has 1 unspecified atom stereocenters. The summed E-state index contributed by atoms with van der Waals surface area (Å²) in [5.74, 6) is 0. The molecule has 0 saturated carbocycles. The highest BCUT2D eigenvalue weighted by molar-refractivity contribution is 9.10. The number of nitrogens with one attached hydrogen (secondary N) is 1. The molecule has 0 aromatic heterocycles. The van der Waals surface area contributed by atoms with Crippen LogP contribution in [0.25, 0.3) is 10.4 Å². The zero-order valence-electron chi connectivity index (χ0n) is 9.39. The maximum Gasteiger partial charge on any atom is 0.122 e. The number of azide groups is 1. The van der Waals surface area contributed by atoms with E-state index in [9.17, 15) is 0 Å². The molecule has 0 spiro atoms. The summed E-state index contributed by atoms with van der Waals surface area (Å²) < 4.78 is 0.903. The Labute approximate surface area is 108 Å². The van der Waals surface area contributed by atoms with E-state index >= 15 is 0 Å². The lowest BCUT2D eigenvalue weighted by atomic mass is 10.1. The first kappa shape index (κ1) is 13.5. The molecule has 0 aliphatic carbocycles. The summed E-state index contributed by atoms with van der Waals surface area (Å²) in [6.07, 6.45) is 0. The van der Waals surface area contributed by atoms with E-state index in [2.05, 4.69) is 37.3 Å². The van der Waals surface area contributed by atoms with Crippen LogP contribution in [0.4, 0.5) is 0 Å². The van der Waals surface area contributed by atoms with Crippen molar-refractivity contribution in [2.75, 3.05) is 13.1 Å². The van der Waals surface area contributed by atoms with E-state index in [1.807, 2.05) is 25.1 Å². The van der Waals surface area contributed by atoms with E-state index < -0.39 is 6.04 Å². The van der Waals surface area contributed by atoms with Gasteiger partial charge in [0.2, 0.25) is 0 Å². The van der Waals surface area contributed by atoms with Gasteiger partial charge >= 0.3 is 0 Å². The molecule has 1 aromatic rings. The molecule has 1 aromatic carbocycles. The van der Waals surface area contributed by atoms with Crippen molar-refractivity contribution < 1.29 is 0 Å². The van der Waals surface area contributed by atoms with Crippen LogP contribution in [-0.2, 0) is 0 Å². The minimum absolute atomic E-state index is 0.332. The molecular formula is C11H12BrN5. The molecule has 0 bridgehead atoms. The van der Waals surface area contributed by atoms with Crippen molar-refractivity contribution in [1.29, 1.82) is 5.26 Å². The molecule has 0 saturated heterocycles. The van der Waals surface area contributed by atoms with Gasteiger partial charge in [-0.2, -0.15) is 5.26 Å². The van der Waals surface area contributed by atoms with Crippen LogP contribution < -0.4 is 5.32 Å². The Morgan fingerprint density at radius 1 is 1.65 bits per heavy atom. The van der Waals surface area contributed by atoms with Gasteiger partial charge in [0.05, 0.1) is 6.07 Å². The smallest absolute Gasteiger partial charge is 0.122 e. The second-order valence-electron chi connectivity index (χ2n) is 3.50. The van der Waals surface area contributed by atoms with Crippen LogP contribution in [0.2, 0.25) is 0 Å². The molecule has 0 radical (unpaired) electrons. The molecule has 5 nitrogen and oxygen atoms in total. The number of rotatable bonds is 5. The van der Waals surface area contributed by atoms with Crippen LogP contribution in [-0.4, -0.2) is 13.1 Å². The number of halogens is 1. The maximum absolute atomic E-state index is 9.09. The average molecular weight is 294 g/mol. The van der Waals surface area contributed by atoms with Gasteiger partial charge in [-0.25, -0.2) is 0 Å². The number of benzene rings is 1. The third-order valence-electron chi connectivity index (χ3n) is 2.22. The minimum atomic E-state index is -0.404. The Balaban J connectivity index is 2.73. The lowest BCUT2D eigenvalue weighted by Gasteiger charge is -2.13. The summed E-state index contributed by atoms with van der Waals surface area (Å²) >= 11 is 3.44. The van der Waals surface area contributed by atoms with Crippen LogP contribution in [0.5, 0.6) is 0 Å². The summed E-state index contributed by atoms with van der Waals surface area (Å²) in [4.78, 5) is 2.65. The molecule has 1 rings (SSSR count). The summed E-state index contributed by atoms with van der Waals surface area (Å²) in [6, 6.07) is 7.61. The van der Waals surface area contributed by atoms with Crippen molar-refractivity contribution in [1.82, 2.24) is 5.32 Å². The fraction of sp³-hybridized carbons (Fsp3) is 0.364. The average Bonchev–Trinajstić information content (AvgIpc) is 2.31. The Morgan fingerprint density at radius 3 is 3.00 bits per heavy atom. The maximum atomic E-state index is 9.09. The molecule has 17 heavy (non-hydrogen) atoms. The highest BCUT2D eigenvalue weighted by atomic mass is 79.9. The van der Waals surface area contributed by atoms with Gasteiger partial charge in [0.1, 0.15) is 6.04 Å². The van der Waals surface area contributed by atoms with Gasteiger partial charge in [0.15, 0.2) is 0 Å². The molecule has 1 N–H and O–H groups in total. The third kappa shape index (κ3) is 4.08. The van der Waals surface area contributed by atoms with E-state index in [4.69, 9.17) is 10.8 Å². The van der Waals surface area contributed by atoms with Crippen LogP contribution in [0.15, 0.2) is 27.8 Å². The number of aryl methyl sites for hydroxylation is 1. The molecule has 0 aliphatic heterocycles. The van der Waals surface area contributed by atoms with Crippen molar-refractivity contribution in [3.8, 4) is 6.07 Å². The van der Waals surface area contributed by atoms with Gasteiger partial charge in [-0.15, -0.1) is 0 Å². The van der Waals surface area contributed by atoms with Crippen molar-refractivity contribution in [3.63, 3.8) is 0 Å². The van der Waals surface area contributed by atoms with Gasteiger partial charge in [-0.1, -0.05) is 33.2 Å². The lowest BCUT2D eigenvalue weighted by molar-refractivity contribution is 0.633. The first-order valence-electron chi connectivity index (χ1n) is 5.09. The van der Waals surface area contributed by atoms with Crippen molar-refractivity contribution in [3.05, 3.63) is 44.2 Å². The highest BCUT2D eigenvalue weighted by Gasteiger charge is 2.12. The third-order valence-corrected chi connectivity index (χ3v) is 2.91. The summed E-state index contributed by atoms with van der Waals surface area (Å²) in [5.41, 5.74) is 10.2. The van der Waals surface area contributed by atoms with Crippen LogP contribution >= 0.6 is 15.9 Å². The standard InChI is InChI=1S/C11H12BrN5/c1-8-2-3-9(10(12)6-8)11(7-13)15-4-5-16-17-14/h2-3,6,11,15H,4-5H2,1H3. The van der Waals surface area contributed by atoms with Crippen LogP contribution in [0.1, 0.15) is 17.2 Å². The monoisotopic (exact) mass is 293 g/mol. The predicted octanol–water partition coefficient (Wildman–Crippen LogP) is 3.22. The van der Waals surface area contributed by atoms with Gasteiger partial charge in [0, 0.05) is 22.5 Å². The SMILES string of the molecule is Cc1ccc(C(C#N)NCCN=[N+]=[N-])c(Br)c1. The van der Waals surface area contributed by atoms with E-state index in [1.54, 1.807) is 0 Å². The Kier molecular flexibility index (Phi) is 5.50. The molecular weight excluding hydrogens is 282 g/mol. The second kappa shape index (κ2) is 6.92. The fourth-order valence-corrected chi connectivity index (χ4v) is 2.12. The molecule has 0 heterocycles. The molecule has 1 atom stereocenters. The van der Waals surface area contributed by atoms with Crippen molar-refractivity contribution >= 4 is 15.9 Å². The normalized spacial score (nSPS) is 11.4. The molecule has 0 amide bonds. The number of hydrogen-bond donors (Lipinski definition) is 1. The van der Waals surface area contributed by atoms with Gasteiger partial charge in [-0.05, 0) is 29.6 Å². The quantitative estimate of drug-likeness (QED) is 0.391. The minimum Gasteiger partial charge on any atom is -0.298 e. The van der Waals surface area contributed by atoms with Crippen LogP contribution in [0.3, 0.4) is 0 Å². The van der Waals surface area contributed by atoms with Gasteiger partial charge < -0.3 is 0 Å². The fourth-order valence-electron chi connectivity index (χ4n) is 1.40. The number of nitrogens with zero attached hydrogens (tertiary/aromatic N) is 4. The zero-order chi connectivity index (χ0) is 12.7. The first-order valence-corrected chi connectivity index (χ1v) is 5.88. The summed E-state index contributed by atoms with van der Waals surface area (Å²) in [5, 5.41) is 15.5. The Morgan fingerprint density at radius 2 is 2.41 bits per heavy atom.